The van der Waals surface area contributed by atoms with Gasteiger partial charge in [0.25, 0.3) is 0 Å². The van der Waals surface area contributed by atoms with Gasteiger partial charge in [-0.2, -0.15) is 0 Å². The van der Waals surface area contributed by atoms with Gasteiger partial charge in [0.15, 0.2) is 0 Å². The molecule has 0 radical (unpaired) electrons. The van der Waals surface area contributed by atoms with Gasteiger partial charge in [0.1, 0.15) is 0 Å². The summed E-state index contributed by atoms with van der Waals surface area (Å²) < 4.78 is 5.11. The quantitative estimate of drug-likeness (QED) is 0.449. The zero-order valence-corrected chi connectivity index (χ0v) is 5.17. The van der Waals surface area contributed by atoms with Crippen molar-refractivity contribution in [1.82, 2.24) is 0 Å². The third-order valence-electron chi connectivity index (χ3n) is 1.04. The van der Waals surface area contributed by atoms with Crippen LogP contribution in [0.1, 0.15) is 19.3 Å². The van der Waals surface area contributed by atoms with E-state index in [0.29, 0.717) is 0 Å². The summed E-state index contributed by atoms with van der Waals surface area (Å²) in [6.45, 7) is 0.963. The van der Waals surface area contributed by atoms with Gasteiger partial charge < -0.3 is 4.18 Å². The summed E-state index contributed by atoms with van der Waals surface area (Å²) >= 11 is 1.62. The first-order valence-corrected chi connectivity index (χ1v) is 3.65. The molecule has 0 aromatic rings. The smallest absolute Gasteiger partial charge is 0.0613 e. The predicted molar refractivity (Wildman–Crippen MR) is 32.3 cm³/mol. The highest BCUT2D eigenvalue weighted by Gasteiger charge is 1.96. The molecule has 1 fully saturated rings. The fraction of sp³-hybridized carbons (Fsp3) is 1.00. The Bertz CT molecular complexity index is 27.7. The van der Waals surface area contributed by atoms with Crippen molar-refractivity contribution < 1.29 is 4.18 Å². The van der Waals surface area contributed by atoms with Crippen molar-refractivity contribution in [3.63, 3.8) is 0 Å². The Morgan fingerprint density at radius 3 is 3.14 bits per heavy atom. The lowest BCUT2D eigenvalue weighted by Gasteiger charge is -1.89. The molecule has 1 nitrogen and oxygen atoms in total. The second-order valence-corrected chi connectivity index (χ2v) is 2.58. The zero-order valence-electron chi connectivity index (χ0n) is 4.35. The van der Waals surface area contributed by atoms with Crippen molar-refractivity contribution in [1.29, 1.82) is 0 Å². The lowest BCUT2D eigenvalue weighted by atomic mass is 10.3. The van der Waals surface area contributed by atoms with Gasteiger partial charge in [-0.1, -0.05) is 6.42 Å². The normalized spacial score (nSPS) is 24.0. The Kier molecular flexibility index (Phi) is 2.59. The van der Waals surface area contributed by atoms with Gasteiger partial charge in [-0.25, -0.2) is 0 Å². The SMILES string of the molecule is C1CCOSCC1. The molecule has 0 aromatic heterocycles. The van der Waals surface area contributed by atoms with Crippen molar-refractivity contribution in [2.45, 2.75) is 19.3 Å². The summed E-state index contributed by atoms with van der Waals surface area (Å²) in [4.78, 5) is 0. The molecule has 7 heavy (non-hydrogen) atoms. The Labute approximate surface area is 48.6 Å². The molecule has 0 aromatic carbocycles. The molecule has 0 saturated carbocycles. The second-order valence-electron chi connectivity index (χ2n) is 1.70. The first-order chi connectivity index (χ1) is 3.50. The molecule has 0 spiro atoms. The maximum Gasteiger partial charge on any atom is 0.0613 e. The third kappa shape index (κ3) is 2.19. The Morgan fingerprint density at radius 2 is 2.14 bits per heavy atom. The summed E-state index contributed by atoms with van der Waals surface area (Å²) in [5.41, 5.74) is 0. The van der Waals surface area contributed by atoms with Crippen LogP contribution in [0.4, 0.5) is 0 Å². The molecule has 0 amide bonds. The molecule has 0 N–H and O–H groups in total. The Hall–Kier alpha value is 0.310. The van der Waals surface area contributed by atoms with Crippen LogP contribution >= 0.6 is 12.0 Å². The van der Waals surface area contributed by atoms with E-state index >= 15 is 0 Å². The highest BCUT2D eigenvalue weighted by atomic mass is 32.2. The largest absolute Gasteiger partial charge is 0.315 e. The van der Waals surface area contributed by atoms with Gasteiger partial charge >= 0.3 is 0 Å². The van der Waals surface area contributed by atoms with Crippen LogP contribution in [0, 0.1) is 0 Å². The van der Waals surface area contributed by atoms with Crippen molar-refractivity contribution in [3.8, 4) is 0 Å². The number of hydrogen-bond acceptors (Lipinski definition) is 2. The predicted octanol–water partition coefficient (Wildman–Crippen LogP) is 1.84. The maximum atomic E-state index is 5.11. The Morgan fingerprint density at radius 1 is 1.14 bits per heavy atom. The van der Waals surface area contributed by atoms with Gasteiger partial charge in [-0.3, -0.25) is 0 Å². The van der Waals surface area contributed by atoms with E-state index in [2.05, 4.69) is 0 Å². The van der Waals surface area contributed by atoms with E-state index in [-0.39, 0.29) is 0 Å². The minimum Gasteiger partial charge on any atom is -0.315 e. The third-order valence-corrected chi connectivity index (χ3v) is 1.83. The van der Waals surface area contributed by atoms with Crippen LogP contribution in [0.5, 0.6) is 0 Å². The average molecular weight is 118 g/mol. The van der Waals surface area contributed by atoms with Crippen molar-refractivity contribution in [2.24, 2.45) is 0 Å². The highest BCUT2D eigenvalue weighted by Crippen LogP contribution is 2.13. The van der Waals surface area contributed by atoms with E-state index in [4.69, 9.17) is 4.18 Å². The molecule has 0 atom stereocenters. The van der Waals surface area contributed by atoms with Crippen LogP contribution in [-0.2, 0) is 4.18 Å². The molecule has 1 saturated heterocycles. The van der Waals surface area contributed by atoms with Gasteiger partial charge in [0.05, 0.1) is 6.61 Å². The summed E-state index contributed by atoms with van der Waals surface area (Å²) in [6, 6.07) is 0. The Balaban J connectivity index is 2.04. The molecule has 0 bridgehead atoms. The maximum absolute atomic E-state index is 5.11. The van der Waals surface area contributed by atoms with Gasteiger partial charge in [0.2, 0.25) is 0 Å². The van der Waals surface area contributed by atoms with Gasteiger partial charge in [0, 0.05) is 5.75 Å². The first-order valence-electron chi connectivity index (χ1n) is 2.74. The summed E-state index contributed by atoms with van der Waals surface area (Å²) in [5.74, 6) is 1.19. The monoisotopic (exact) mass is 118 g/mol. The van der Waals surface area contributed by atoms with E-state index in [9.17, 15) is 0 Å². The van der Waals surface area contributed by atoms with Crippen LogP contribution < -0.4 is 0 Å². The molecule has 0 aliphatic carbocycles. The topological polar surface area (TPSA) is 9.23 Å². The van der Waals surface area contributed by atoms with Gasteiger partial charge in [-0.05, 0) is 24.9 Å². The van der Waals surface area contributed by atoms with Crippen molar-refractivity contribution >= 4 is 12.0 Å². The van der Waals surface area contributed by atoms with Gasteiger partial charge in [-0.15, -0.1) is 0 Å². The molecular formula is C5H10OS. The molecule has 2 heteroatoms. The minimum absolute atomic E-state index is 0.963. The van der Waals surface area contributed by atoms with Crippen LogP contribution in [-0.4, -0.2) is 12.4 Å². The van der Waals surface area contributed by atoms with E-state index < -0.39 is 0 Å². The van der Waals surface area contributed by atoms with E-state index in [1.54, 1.807) is 12.0 Å². The molecule has 1 rings (SSSR count). The minimum atomic E-state index is 0.963. The van der Waals surface area contributed by atoms with Crippen molar-refractivity contribution in [2.75, 3.05) is 12.4 Å². The van der Waals surface area contributed by atoms with E-state index in [1.807, 2.05) is 0 Å². The fourth-order valence-electron chi connectivity index (χ4n) is 0.617. The molecule has 0 unspecified atom stereocenters. The molecule has 1 aliphatic rings. The standard InChI is InChI=1S/C5H10OS/c1-2-4-6-7-5-3-1/h1-5H2. The molecular weight excluding hydrogens is 108 g/mol. The van der Waals surface area contributed by atoms with Crippen LogP contribution in [0.25, 0.3) is 0 Å². The average Bonchev–Trinajstić information content (AvgIpc) is 1.90. The molecule has 1 heterocycles. The van der Waals surface area contributed by atoms with E-state index in [1.165, 1.54) is 25.0 Å². The summed E-state index contributed by atoms with van der Waals surface area (Å²) in [7, 11) is 0. The summed E-state index contributed by atoms with van der Waals surface area (Å²) in [5, 5.41) is 0. The van der Waals surface area contributed by atoms with Crippen molar-refractivity contribution in [3.05, 3.63) is 0 Å². The highest BCUT2D eigenvalue weighted by molar-refractivity contribution is 7.94. The van der Waals surface area contributed by atoms with Crippen LogP contribution in [0.3, 0.4) is 0 Å². The summed E-state index contributed by atoms with van der Waals surface area (Å²) in [6.07, 6.45) is 3.95. The first kappa shape index (κ1) is 5.45. The lowest BCUT2D eigenvalue weighted by molar-refractivity contribution is 0.369. The molecule has 42 valence electrons. The van der Waals surface area contributed by atoms with Crippen LogP contribution in [0.2, 0.25) is 0 Å². The van der Waals surface area contributed by atoms with Crippen LogP contribution in [0.15, 0.2) is 0 Å². The lowest BCUT2D eigenvalue weighted by Crippen LogP contribution is -1.79. The fourth-order valence-corrected chi connectivity index (χ4v) is 1.29. The number of rotatable bonds is 0. The molecule has 1 aliphatic heterocycles. The number of hydrogen-bond donors (Lipinski definition) is 0. The zero-order chi connectivity index (χ0) is 4.95. The second kappa shape index (κ2) is 3.33. The van der Waals surface area contributed by atoms with E-state index in [0.717, 1.165) is 6.61 Å².